The molecule has 0 saturated heterocycles. The summed E-state index contributed by atoms with van der Waals surface area (Å²) in [7, 11) is 0. The Hall–Kier alpha value is -3.57. The van der Waals surface area contributed by atoms with Crippen molar-refractivity contribution in [2.24, 2.45) is 9.98 Å². The molecular formula is C28H32N6OS. The van der Waals surface area contributed by atoms with Gasteiger partial charge in [-0.25, -0.2) is 9.79 Å². The molecule has 7 nitrogen and oxygen atoms in total. The standard InChI is InChI=1S/C28H32N6OS/c1-17-11-20(4)26(21(5)12-17)32-25-15-24-23-14-19(3)18(2)13-22(23)7-9-33(24)28(35)34(25)10-8-30-27(36-6)31-16-29/h11-15H,7-10H2,1-6H3,(H,30,31)/b32-25+. The van der Waals surface area contributed by atoms with Crippen molar-refractivity contribution in [2.75, 3.05) is 12.8 Å². The molecule has 1 N–H and O–H groups in total. The van der Waals surface area contributed by atoms with Crippen LogP contribution < -0.4 is 16.5 Å². The van der Waals surface area contributed by atoms with Crippen LogP contribution in [0, 0.1) is 46.1 Å². The van der Waals surface area contributed by atoms with E-state index in [0.29, 0.717) is 30.3 Å². The van der Waals surface area contributed by atoms with Crippen molar-refractivity contribution in [1.82, 2.24) is 14.5 Å². The first-order valence-corrected chi connectivity index (χ1v) is 13.3. The number of aromatic nitrogens is 2. The van der Waals surface area contributed by atoms with Crippen LogP contribution in [0.3, 0.4) is 0 Å². The van der Waals surface area contributed by atoms with Gasteiger partial charge in [0.15, 0.2) is 5.17 Å². The van der Waals surface area contributed by atoms with E-state index >= 15 is 0 Å². The Labute approximate surface area is 216 Å². The summed E-state index contributed by atoms with van der Waals surface area (Å²) in [4.78, 5) is 22.7. The van der Waals surface area contributed by atoms with Gasteiger partial charge in [0.2, 0.25) is 6.19 Å². The topological polar surface area (TPSA) is 87.5 Å². The lowest BCUT2D eigenvalue weighted by atomic mass is 9.93. The zero-order valence-electron chi connectivity index (χ0n) is 21.8. The van der Waals surface area contributed by atoms with Gasteiger partial charge < -0.3 is 5.32 Å². The highest BCUT2D eigenvalue weighted by molar-refractivity contribution is 8.13. The summed E-state index contributed by atoms with van der Waals surface area (Å²) in [6.07, 6.45) is 4.49. The summed E-state index contributed by atoms with van der Waals surface area (Å²) in [5, 5.41) is 12.6. The molecule has 0 unspecified atom stereocenters. The summed E-state index contributed by atoms with van der Waals surface area (Å²) in [5.41, 5.74) is 10.5. The molecule has 0 spiro atoms. The van der Waals surface area contributed by atoms with Crippen molar-refractivity contribution in [3.05, 3.63) is 79.7 Å². The first-order valence-electron chi connectivity index (χ1n) is 12.1. The van der Waals surface area contributed by atoms with Gasteiger partial charge in [0.05, 0.1) is 11.4 Å². The van der Waals surface area contributed by atoms with Crippen molar-refractivity contribution in [3.8, 4) is 17.5 Å². The maximum atomic E-state index is 13.8. The Balaban J connectivity index is 1.91. The van der Waals surface area contributed by atoms with E-state index in [2.05, 4.69) is 69.2 Å². The van der Waals surface area contributed by atoms with Crippen LogP contribution in [0.5, 0.6) is 0 Å². The van der Waals surface area contributed by atoms with Crippen LogP contribution in [0.1, 0.15) is 33.4 Å². The van der Waals surface area contributed by atoms with Gasteiger partial charge in [-0.15, -0.1) is 4.99 Å². The molecule has 0 saturated carbocycles. The van der Waals surface area contributed by atoms with Crippen molar-refractivity contribution in [3.63, 3.8) is 0 Å². The maximum absolute atomic E-state index is 13.8. The molecule has 1 aliphatic rings. The van der Waals surface area contributed by atoms with Crippen molar-refractivity contribution < 1.29 is 0 Å². The van der Waals surface area contributed by atoms with E-state index in [-0.39, 0.29) is 5.69 Å². The van der Waals surface area contributed by atoms with Gasteiger partial charge in [-0.1, -0.05) is 35.5 Å². The number of benzene rings is 2. The fourth-order valence-corrected chi connectivity index (χ4v) is 5.24. The number of thioether (sulfide) groups is 1. The van der Waals surface area contributed by atoms with Crippen LogP contribution in [0.25, 0.3) is 11.3 Å². The number of rotatable bonds is 4. The highest BCUT2D eigenvalue weighted by Crippen LogP contribution is 2.30. The minimum absolute atomic E-state index is 0.0812. The summed E-state index contributed by atoms with van der Waals surface area (Å²) in [6.45, 7) is 11.9. The molecule has 0 bridgehead atoms. The Morgan fingerprint density at radius 1 is 1.06 bits per heavy atom. The lowest BCUT2D eigenvalue weighted by Crippen LogP contribution is -2.44. The highest BCUT2D eigenvalue weighted by atomic mass is 32.2. The smallest absolute Gasteiger partial charge is 0.330 e. The molecule has 186 valence electrons. The molecule has 3 aromatic rings. The Kier molecular flexibility index (Phi) is 7.51. The van der Waals surface area contributed by atoms with Crippen molar-refractivity contribution >= 4 is 22.6 Å². The number of fused-ring (bicyclic) bond motifs is 3. The fraction of sp³-hybridized carbons (Fsp3) is 0.357. The number of amidine groups is 1. The first kappa shape index (κ1) is 25.5. The molecule has 0 fully saturated rings. The number of nitrogens with zero attached hydrogens (tertiary/aromatic N) is 5. The zero-order valence-corrected chi connectivity index (χ0v) is 22.6. The average Bonchev–Trinajstić information content (AvgIpc) is 2.83. The number of aliphatic imine (C=N–C) groups is 1. The highest BCUT2D eigenvalue weighted by Gasteiger charge is 2.20. The summed E-state index contributed by atoms with van der Waals surface area (Å²) < 4.78 is 3.59. The minimum atomic E-state index is -0.0812. The molecular weight excluding hydrogens is 468 g/mol. The van der Waals surface area contributed by atoms with E-state index in [4.69, 9.17) is 10.3 Å². The van der Waals surface area contributed by atoms with E-state index in [1.807, 2.05) is 23.1 Å². The van der Waals surface area contributed by atoms with E-state index in [1.54, 1.807) is 4.57 Å². The lowest BCUT2D eigenvalue weighted by molar-refractivity contribution is 0.539. The molecule has 1 aliphatic heterocycles. The molecule has 4 rings (SSSR count). The van der Waals surface area contributed by atoms with Crippen LogP contribution >= 0.6 is 11.8 Å². The zero-order chi connectivity index (χ0) is 26.0. The van der Waals surface area contributed by atoms with E-state index in [0.717, 1.165) is 34.5 Å². The minimum Gasteiger partial charge on any atom is -0.362 e. The van der Waals surface area contributed by atoms with Gasteiger partial charge in [0.25, 0.3) is 0 Å². The van der Waals surface area contributed by atoms with Gasteiger partial charge in [-0.2, -0.15) is 5.26 Å². The number of hydrogen-bond acceptors (Lipinski definition) is 5. The summed E-state index contributed by atoms with van der Waals surface area (Å²) in [6, 6.07) is 10.7. The molecule has 0 amide bonds. The monoisotopic (exact) mass is 500 g/mol. The predicted molar refractivity (Wildman–Crippen MR) is 148 cm³/mol. The van der Waals surface area contributed by atoms with Crippen molar-refractivity contribution in [1.29, 1.82) is 5.26 Å². The van der Waals surface area contributed by atoms with Crippen LogP contribution in [0.4, 0.5) is 5.69 Å². The third kappa shape index (κ3) is 5.02. The lowest BCUT2D eigenvalue weighted by Gasteiger charge is -2.24. The van der Waals surface area contributed by atoms with Gasteiger partial charge in [0, 0.05) is 31.3 Å². The molecule has 8 heteroatoms. The largest absolute Gasteiger partial charge is 0.362 e. The van der Waals surface area contributed by atoms with Gasteiger partial charge >= 0.3 is 5.69 Å². The number of hydrogen-bond donors (Lipinski definition) is 1. The number of nitrogens with one attached hydrogen (secondary N) is 1. The van der Waals surface area contributed by atoms with E-state index < -0.39 is 0 Å². The summed E-state index contributed by atoms with van der Waals surface area (Å²) in [5.74, 6) is 0. The molecule has 36 heavy (non-hydrogen) atoms. The van der Waals surface area contributed by atoms with Crippen LogP contribution in [-0.2, 0) is 19.5 Å². The molecule has 0 aliphatic carbocycles. The Bertz CT molecular complexity index is 1510. The van der Waals surface area contributed by atoms with Gasteiger partial charge in [0.1, 0.15) is 5.49 Å². The van der Waals surface area contributed by atoms with E-state index in [9.17, 15) is 4.79 Å². The molecule has 2 aromatic carbocycles. The normalized spacial score (nSPS) is 13.2. The molecule has 2 heterocycles. The second-order valence-corrected chi connectivity index (χ2v) is 10.1. The van der Waals surface area contributed by atoms with Gasteiger partial charge in [-0.05, 0) is 81.2 Å². The maximum Gasteiger partial charge on any atom is 0.330 e. The SMILES string of the molecule is CS/C(=N\C#N)NCCn1c(=O)n2c(c/c1=N\c1c(C)cc(C)cc1C)-c1cc(C)c(C)cc1CC2. The first-order chi connectivity index (χ1) is 17.2. The van der Waals surface area contributed by atoms with Gasteiger partial charge in [-0.3, -0.25) is 9.13 Å². The second-order valence-electron chi connectivity index (χ2n) is 9.32. The van der Waals surface area contributed by atoms with Crippen molar-refractivity contribution in [2.45, 2.75) is 54.1 Å². The Morgan fingerprint density at radius 2 is 1.75 bits per heavy atom. The fourth-order valence-electron chi connectivity index (χ4n) is 4.86. The van der Waals surface area contributed by atoms with Crippen LogP contribution in [-0.4, -0.2) is 27.1 Å². The van der Waals surface area contributed by atoms with E-state index in [1.165, 1.54) is 34.0 Å². The average molecular weight is 501 g/mol. The number of nitriles is 1. The molecule has 1 aromatic heterocycles. The number of aryl methyl sites for hydroxylation is 6. The predicted octanol–water partition coefficient (Wildman–Crippen LogP) is 4.44. The second kappa shape index (κ2) is 10.6. The molecule has 0 radical (unpaired) electrons. The quantitative estimate of drug-likeness (QED) is 0.326. The third-order valence-corrected chi connectivity index (χ3v) is 7.34. The van der Waals surface area contributed by atoms with Crippen LogP contribution in [0.2, 0.25) is 0 Å². The Morgan fingerprint density at radius 3 is 2.42 bits per heavy atom. The molecule has 0 atom stereocenters. The summed E-state index contributed by atoms with van der Waals surface area (Å²) >= 11 is 1.36. The van der Waals surface area contributed by atoms with Crippen LogP contribution in [0.15, 0.2) is 45.1 Å². The third-order valence-electron chi connectivity index (χ3n) is 6.71.